The molecule has 17 heavy (non-hydrogen) atoms. The van der Waals surface area contributed by atoms with E-state index in [1.54, 1.807) is 6.26 Å². The fraction of sp³-hybridized carbons (Fsp3) is 0.385. The summed E-state index contributed by atoms with van der Waals surface area (Å²) >= 11 is 0. The van der Waals surface area contributed by atoms with Crippen LogP contribution >= 0.6 is 0 Å². The number of nitrogens with one attached hydrogen (secondary N) is 1. The van der Waals surface area contributed by atoms with Crippen LogP contribution in [0.1, 0.15) is 31.2 Å². The van der Waals surface area contributed by atoms with Gasteiger partial charge in [-0.2, -0.15) is 0 Å². The minimum absolute atomic E-state index is 0.288. The van der Waals surface area contributed by atoms with Crippen molar-refractivity contribution < 1.29 is 4.42 Å². The highest BCUT2D eigenvalue weighted by Crippen LogP contribution is 2.27. The monoisotopic (exact) mass is 231 g/mol. The Bertz CT molecular complexity index is 504. The molecule has 0 aliphatic rings. The van der Waals surface area contributed by atoms with Crippen molar-refractivity contribution in [3.8, 4) is 11.5 Å². The fourth-order valence-corrected chi connectivity index (χ4v) is 1.69. The van der Waals surface area contributed by atoms with Crippen LogP contribution in [0, 0.1) is 6.92 Å². The Morgan fingerprint density at radius 1 is 1.29 bits per heavy atom. The number of anilines is 1. The molecule has 0 radical (unpaired) electrons. The first-order valence-corrected chi connectivity index (χ1v) is 5.73. The van der Waals surface area contributed by atoms with E-state index in [1.165, 1.54) is 0 Å². The van der Waals surface area contributed by atoms with Gasteiger partial charge >= 0.3 is 0 Å². The van der Waals surface area contributed by atoms with E-state index in [-0.39, 0.29) is 5.92 Å². The number of furan rings is 1. The lowest BCUT2D eigenvalue weighted by molar-refractivity contribution is 0.578. The van der Waals surface area contributed by atoms with Crippen LogP contribution in [0.2, 0.25) is 0 Å². The molecular formula is C13H17N3O. The third-order valence-corrected chi connectivity index (χ3v) is 2.67. The molecule has 0 unspecified atom stereocenters. The van der Waals surface area contributed by atoms with E-state index in [1.807, 2.05) is 26.1 Å². The summed E-state index contributed by atoms with van der Waals surface area (Å²) in [6.07, 6.45) is 1.66. The maximum absolute atomic E-state index is 5.42. The quantitative estimate of drug-likeness (QED) is 0.881. The summed E-state index contributed by atoms with van der Waals surface area (Å²) in [6.45, 7) is 6.15. The predicted octanol–water partition coefficient (Wildman–Crippen LogP) is 3.21. The zero-order chi connectivity index (χ0) is 12.4. The molecule has 0 amide bonds. The van der Waals surface area contributed by atoms with Crippen LogP contribution < -0.4 is 5.32 Å². The number of nitrogens with zero attached hydrogens (tertiary/aromatic N) is 2. The van der Waals surface area contributed by atoms with Gasteiger partial charge in [0.1, 0.15) is 17.3 Å². The molecule has 0 bridgehead atoms. The maximum atomic E-state index is 5.42. The molecule has 0 saturated heterocycles. The highest BCUT2D eigenvalue weighted by Gasteiger charge is 2.15. The summed E-state index contributed by atoms with van der Waals surface area (Å²) in [5.74, 6) is 2.75. The molecule has 4 nitrogen and oxygen atoms in total. The third kappa shape index (κ3) is 2.16. The largest absolute Gasteiger partial charge is 0.463 e. The number of hydrogen-bond donors (Lipinski definition) is 1. The summed E-state index contributed by atoms with van der Waals surface area (Å²) in [7, 11) is 1.87. The van der Waals surface area contributed by atoms with E-state index >= 15 is 0 Å². The van der Waals surface area contributed by atoms with E-state index in [0.29, 0.717) is 0 Å². The first-order chi connectivity index (χ1) is 8.13. The summed E-state index contributed by atoms with van der Waals surface area (Å²) in [5.41, 5.74) is 1.87. The van der Waals surface area contributed by atoms with Gasteiger partial charge in [-0.05, 0) is 19.1 Å². The van der Waals surface area contributed by atoms with Gasteiger partial charge in [-0.15, -0.1) is 0 Å². The zero-order valence-corrected chi connectivity index (χ0v) is 10.6. The molecule has 1 N–H and O–H groups in total. The molecule has 0 aliphatic heterocycles. The second-order valence-corrected chi connectivity index (χ2v) is 4.29. The summed E-state index contributed by atoms with van der Waals surface area (Å²) < 4.78 is 5.42. The molecule has 0 aliphatic carbocycles. The molecule has 0 atom stereocenters. The van der Waals surface area contributed by atoms with Gasteiger partial charge in [0.05, 0.1) is 6.26 Å². The Balaban J connectivity index is 2.61. The minimum atomic E-state index is 0.288. The lowest BCUT2D eigenvalue weighted by atomic mass is 10.1. The molecule has 2 aromatic rings. The second kappa shape index (κ2) is 4.57. The van der Waals surface area contributed by atoms with Crippen molar-refractivity contribution >= 4 is 5.82 Å². The van der Waals surface area contributed by atoms with Crippen LogP contribution in [0.5, 0.6) is 0 Å². The summed E-state index contributed by atoms with van der Waals surface area (Å²) in [4.78, 5) is 9.07. The van der Waals surface area contributed by atoms with Crippen molar-refractivity contribution in [1.82, 2.24) is 9.97 Å². The van der Waals surface area contributed by atoms with Crippen molar-refractivity contribution in [2.45, 2.75) is 26.7 Å². The van der Waals surface area contributed by atoms with Gasteiger partial charge < -0.3 is 9.73 Å². The maximum Gasteiger partial charge on any atom is 0.152 e. The third-order valence-electron chi connectivity index (χ3n) is 2.67. The van der Waals surface area contributed by atoms with Crippen molar-refractivity contribution in [3.05, 3.63) is 29.8 Å². The van der Waals surface area contributed by atoms with E-state index < -0.39 is 0 Å². The fourth-order valence-electron chi connectivity index (χ4n) is 1.69. The topological polar surface area (TPSA) is 51.0 Å². The molecule has 4 heteroatoms. The summed E-state index contributed by atoms with van der Waals surface area (Å²) in [5, 5.41) is 3.10. The highest BCUT2D eigenvalue weighted by molar-refractivity contribution is 5.64. The Labute approximate surface area is 101 Å². The van der Waals surface area contributed by atoms with Gasteiger partial charge in [-0.1, -0.05) is 13.8 Å². The first kappa shape index (κ1) is 11.6. The zero-order valence-electron chi connectivity index (χ0n) is 10.6. The van der Waals surface area contributed by atoms with Gasteiger partial charge in [-0.25, -0.2) is 9.97 Å². The molecule has 0 spiro atoms. The van der Waals surface area contributed by atoms with Crippen molar-refractivity contribution in [2.75, 3.05) is 12.4 Å². The van der Waals surface area contributed by atoms with Crippen LogP contribution in [-0.4, -0.2) is 17.0 Å². The summed E-state index contributed by atoms with van der Waals surface area (Å²) in [6, 6.07) is 3.78. The molecule has 0 aromatic carbocycles. The Morgan fingerprint density at radius 3 is 2.59 bits per heavy atom. The average molecular weight is 231 g/mol. The van der Waals surface area contributed by atoms with Gasteiger partial charge in [0.2, 0.25) is 0 Å². The molecule has 0 fully saturated rings. The van der Waals surface area contributed by atoms with E-state index in [0.717, 1.165) is 28.7 Å². The molecule has 2 heterocycles. The van der Waals surface area contributed by atoms with Gasteiger partial charge in [0.25, 0.3) is 0 Å². The normalized spacial score (nSPS) is 10.9. The number of aromatic nitrogens is 2. The van der Waals surface area contributed by atoms with E-state index in [2.05, 4.69) is 29.1 Å². The van der Waals surface area contributed by atoms with Crippen molar-refractivity contribution in [2.24, 2.45) is 0 Å². The van der Waals surface area contributed by atoms with E-state index in [4.69, 9.17) is 4.42 Å². The van der Waals surface area contributed by atoms with Crippen LogP contribution in [0.25, 0.3) is 11.5 Å². The lowest BCUT2D eigenvalue weighted by Crippen LogP contribution is -2.06. The van der Waals surface area contributed by atoms with Crippen LogP contribution in [-0.2, 0) is 0 Å². The predicted molar refractivity (Wildman–Crippen MR) is 68.1 cm³/mol. The molecule has 90 valence electrons. The average Bonchev–Trinajstić information content (AvgIpc) is 2.82. The van der Waals surface area contributed by atoms with E-state index in [9.17, 15) is 0 Å². The number of hydrogen-bond acceptors (Lipinski definition) is 4. The molecule has 2 rings (SSSR count). The van der Waals surface area contributed by atoms with Crippen LogP contribution in [0.3, 0.4) is 0 Å². The molecule has 0 saturated carbocycles. The van der Waals surface area contributed by atoms with Gasteiger partial charge in [0.15, 0.2) is 5.76 Å². The second-order valence-electron chi connectivity index (χ2n) is 4.29. The van der Waals surface area contributed by atoms with Crippen LogP contribution in [0.4, 0.5) is 5.82 Å². The minimum Gasteiger partial charge on any atom is -0.463 e. The van der Waals surface area contributed by atoms with Gasteiger partial charge in [-0.3, -0.25) is 0 Å². The first-order valence-electron chi connectivity index (χ1n) is 5.73. The standard InChI is InChI=1S/C13H17N3O/c1-8(2)12-15-11(10-6-5-7-17-10)9(3)13(14-4)16-12/h5-8H,1-4H3,(H,14,15,16). The smallest absolute Gasteiger partial charge is 0.152 e. The Hall–Kier alpha value is -1.84. The highest BCUT2D eigenvalue weighted by atomic mass is 16.3. The number of rotatable bonds is 3. The van der Waals surface area contributed by atoms with Gasteiger partial charge in [0, 0.05) is 18.5 Å². The SMILES string of the molecule is CNc1nc(C(C)C)nc(-c2ccco2)c1C. The van der Waals surface area contributed by atoms with Crippen molar-refractivity contribution in [3.63, 3.8) is 0 Å². The Kier molecular flexibility index (Phi) is 3.13. The van der Waals surface area contributed by atoms with Crippen LogP contribution in [0.15, 0.2) is 22.8 Å². The molecular weight excluding hydrogens is 214 g/mol. The Morgan fingerprint density at radius 2 is 2.06 bits per heavy atom. The molecule has 2 aromatic heterocycles. The van der Waals surface area contributed by atoms with Crippen molar-refractivity contribution in [1.29, 1.82) is 0 Å². The lowest BCUT2D eigenvalue weighted by Gasteiger charge is -2.12.